The van der Waals surface area contributed by atoms with Crippen molar-refractivity contribution in [2.24, 2.45) is 0 Å². The van der Waals surface area contributed by atoms with Crippen molar-refractivity contribution in [3.8, 4) is 0 Å². The van der Waals surface area contributed by atoms with Crippen LogP contribution in [-0.4, -0.2) is 8.42 Å². The van der Waals surface area contributed by atoms with Crippen molar-refractivity contribution in [1.82, 2.24) is 0 Å². The minimum Gasteiger partial charge on any atom is -0.218 e. The fraction of sp³-hybridized carbons (Fsp3) is 0. The van der Waals surface area contributed by atoms with Crippen molar-refractivity contribution < 1.29 is 12.8 Å². The summed E-state index contributed by atoms with van der Waals surface area (Å²) in [5.41, 5.74) is 0. The molecule has 0 amide bonds. The fourth-order valence-corrected chi connectivity index (χ4v) is 2.86. The average Bonchev–Trinajstić information content (AvgIpc) is 2.30. The van der Waals surface area contributed by atoms with E-state index in [4.69, 9.17) is 11.6 Å². The number of rotatable bonds is 2. The molecule has 0 bridgehead atoms. The summed E-state index contributed by atoms with van der Waals surface area (Å²) >= 11 is 5.67. The molecule has 2 aromatic carbocycles. The van der Waals surface area contributed by atoms with Crippen LogP contribution in [0.4, 0.5) is 4.39 Å². The van der Waals surface area contributed by atoms with E-state index < -0.39 is 15.7 Å². The first kappa shape index (κ1) is 12.1. The molecule has 17 heavy (non-hydrogen) atoms. The lowest BCUT2D eigenvalue weighted by Crippen LogP contribution is -2.04. The second-order valence-electron chi connectivity index (χ2n) is 3.39. The lowest BCUT2D eigenvalue weighted by molar-refractivity contribution is 0.567. The molecule has 0 radical (unpaired) electrons. The van der Waals surface area contributed by atoms with Crippen LogP contribution in [0.3, 0.4) is 0 Å². The Morgan fingerprint density at radius 3 is 2.12 bits per heavy atom. The van der Waals surface area contributed by atoms with Gasteiger partial charge < -0.3 is 0 Å². The van der Waals surface area contributed by atoms with Crippen molar-refractivity contribution in [3.63, 3.8) is 0 Å². The maximum Gasteiger partial charge on any atom is 0.209 e. The number of hydrogen-bond acceptors (Lipinski definition) is 2. The minimum absolute atomic E-state index is 0.0204. The third-order valence-corrected chi connectivity index (χ3v) is 4.30. The molecule has 0 unspecified atom stereocenters. The van der Waals surface area contributed by atoms with E-state index in [-0.39, 0.29) is 9.79 Å². The smallest absolute Gasteiger partial charge is 0.209 e. The van der Waals surface area contributed by atoms with Gasteiger partial charge in [-0.15, -0.1) is 0 Å². The molecule has 88 valence electrons. The highest BCUT2D eigenvalue weighted by Crippen LogP contribution is 2.24. The largest absolute Gasteiger partial charge is 0.218 e. The van der Waals surface area contributed by atoms with Gasteiger partial charge in [0, 0.05) is 5.02 Å². The molecule has 2 aromatic rings. The van der Waals surface area contributed by atoms with Crippen LogP contribution in [0.25, 0.3) is 0 Å². The lowest BCUT2D eigenvalue weighted by atomic mass is 10.3. The number of benzene rings is 2. The molecular weight excluding hydrogens is 263 g/mol. The van der Waals surface area contributed by atoms with Crippen LogP contribution in [-0.2, 0) is 9.84 Å². The highest BCUT2D eigenvalue weighted by molar-refractivity contribution is 7.91. The lowest BCUT2D eigenvalue weighted by Gasteiger charge is -2.05. The van der Waals surface area contributed by atoms with E-state index in [1.807, 2.05) is 0 Å². The highest BCUT2D eigenvalue weighted by Gasteiger charge is 2.20. The Kier molecular flexibility index (Phi) is 3.17. The van der Waals surface area contributed by atoms with Crippen molar-refractivity contribution >= 4 is 21.4 Å². The summed E-state index contributed by atoms with van der Waals surface area (Å²) in [4.78, 5) is -0.311. The second-order valence-corrected chi connectivity index (χ2v) is 5.74. The van der Waals surface area contributed by atoms with Gasteiger partial charge in [0.2, 0.25) is 9.84 Å². The first-order chi connectivity index (χ1) is 8.01. The van der Waals surface area contributed by atoms with Gasteiger partial charge in [0.05, 0.1) is 4.90 Å². The minimum atomic E-state index is -3.82. The van der Waals surface area contributed by atoms with E-state index in [1.165, 1.54) is 42.5 Å². The molecule has 0 N–H and O–H groups in total. The quantitative estimate of drug-likeness (QED) is 0.839. The van der Waals surface area contributed by atoms with Crippen molar-refractivity contribution in [3.05, 3.63) is 59.4 Å². The van der Waals surface area contributed by atoms with E-state index >= 15 is 0 Å². The summed E-state index contributed by atoms with van der Waals surface area (Å²) in [7, 11) is -3.82. The summed E-state index contributed by atoms with van der Waals surface area (Å²) < 4.78 is 37.6. The Hall–Kier alpha value is -1.39. The SMILES string of the molecule is O=S(=O)(c1ccc(Cl)cc1)c1ccccc1F. The van der Waals surface area contributed by atoms with Crippen molar-refractivity contribution in [2.45, 2.75) is 9.79 Å². The summed E-state index contributed by atoms with van der Waals surface area (Å²) in [6, 6.07) is 10.9. The Morgan fingerprint density at radius 2 is 1.53 bits per heavy atom. The first-order valence-electron chi connectivity index (χ1n) is 4.77. The topological polar surface area (TPSA) is 34.1 Å². The molecule has 0 fully saturated rings. The van der Waals surface area contributed by atoms with Gasteiger partial charge in [-0.05, 0) is 36.4 Å². The highest BCUT2D eigenvalue weighted by atomic mass is 35.5. The van der Waals surface area contributed by atoms with Crippen LogP contribution in [0.5, 0.6) is 0 Å². The molecule has 0 aromatic heterocycles. The molecule has 0 aliphatic heterocycles. The molecule has 5 heteroatoms. The Balaban J connectivity index is 2.58. The van der Waals surface area contributed by atoms with Gasteiger partial charge >= 0.3 is 0 Å². The molecule has 0 aliphatic carbocycles. The molecule has 2 rings (SSSR count). The third kappa shape index (κ3) is 2.33. The Labute approximate surface area is 104 Å². The van der Waals surface area contributed by atoms with Gasteiger partial charge in [0.15, 0.2) is 0 Å². The molecule has 0 aliphatic rings. The monoisotopic (exact) mass is 270 g/mol. The normalized spacial score (nSPS) is 11.4. The van der Waals surface area contributed by atoms with Crippen molar-refractivity contribution in [2.75, 3.05) is 0 Å². The van der Waals surface area contributed by atoms with E-state index in [0.29, 0.717) is 5.02 Å². The molecular formula is C12H8ClFO2S. The Bertz CT molecular complexity index is 636. The predicted octanol–water partition coefficient (Wildman–Crippen LogP) is 3.31. The zero-order valence-corrected chi connectivity index (χ0v) is 10.2. The van der Waals surface area contributed by atoms with Crippen LogP contribution < -0.4 is 0 Å². The van der Waals surface area contributed by atoms with E-state index in [0.717, 1.165) is 6.07 Å². The summed E-state index contributed by atoms with van der Waals surface area (Å²) in [6.07, 6.45) is 0. The van der Waals surface area contributed by atoms with Crippen LogP contribution >= 0.6 is 11.6 Å². The van der Waals surface area contributed by atoms with Crippen LogP contribution in [0.1, 0.15) is 0 Å². The van der Waals surface area contributed by atoms with Gasteiger partial charge in [0.1, 0.15) is 10.7 Å². The van der Waals surface area contributed by atoms with Crippen LogP contribution in [0, 0.1) is 5.82 Å². The van der Waals surface area contributed by atoms with E-state index in [9.17, 15) is 12.8 Å². The molecule has 0 saturated carbocycles. The van der Waals surface area contributed by atoms with Crippen molar-refractivity contribution in [1.29, 1.82) is 0 Å². The average molecular weight is 271 g/mol. The maximum absolute atomic E-state index is 13.4. The summed E-state index contributed by atoms with van der Waals surface area (Å²) in [6.45, 7) is 0. The number of hydrogen-bond donors (Lipinski definition) is 0. The summed E-state index contributed by atoms with van der Waals surface area (Å²) in [5.74, 6) is -0.762. The molecule has 2 nitrogen and oxygen atoms in total. The second kappa shape index (κ2) is 4.47. The first-order valence-corrected chi connectivity index (χ1v) is 6.63. The van der Waals surface area contributed by atoms with Gasteiger partial charge in [0.25, 0.3) is 0 Å². The van der Waals surface area contributed by atoms with Gasteiger partial charge in [-0.3, -0.25) is 0 Å². The summed E-state index contributed by atoms with van der Waals surface area (Å²) in [5, 5.41) is 0.428. The standard InChI is InChI=1S/C12H8ClFO2S/c13-9-5-7-10(8-6-9)17(15,16)12-4-2-1-3-11(12)14/h1-8H. The molecule has 0 spiro atoms. The fourth-order valence-electron chi connectivity index (χ4n) is 1.40. The molecule has 0 atom stereocenters. The Morgan fingerprint density at radius 1 is 0.941 bits per heavy atom. The van der Waals surface area contributed by atoms with Gasteiger partial charge in [-0.25, -0.2) is 12.8 Å². The third-order valence-electron chi connectivity index (χ3n) is 2.25. The van der Waals surface area contributed by atoms with Crippen LogP contribution in [0.15, 0.2) is 58.3 Å². The predicted molar refractivity (Wildman–Crippen MR) is 63.3 cm³/mol. The van der Waals surface area contributed by atoms with E-state index in [1.54, 1.807) is 0 Å². The molecule has 0 saturated heterocycles. The number of halogens is 2. The zero-order chi connectivity index (χ0) is 12.5. The molecule has 0 heterocycles. The maximum atomic E-state index is 13.4. The number of sulfone groups is 1. The van der Waals surface area contributed by atoms with Crippen LogP contribution in [0.2, 0.25) is 5.02 Å². The van der Waals surface area contributed by atoms with E-state index in [2.05, 4.69) is 0 Å². The zero-order valence-electron chi connectivity index (χ0n) is 8.60. The van der Waals surface area contributed by atoms with Gasteiger partial charge in [-0.2, -0.15) is 0 Å². The van der Waals surface area contributed by atoms with Gasteiger partial charge in [-0.1, -0.05) is 23.7 Å².